The fourth-order valence-electron chi connectivity index (χ4n) is 2.05. The van der Waals surface area contributed by atoms with Crippen molar-refractivity contribution in [2.45, 2.75) is 58.7 Å². The summed E-state index contributed by atoms with van der Waals surface area (Å²) in [6, 6.07) is 5.59. The van der Waals surface area contributed by atoms with Crippen molar-refractivity contribution in [1.82, 2.24) is 0 Å². The largest absolute Gasteiger partial charge is 0.488 e. The van der Waals surface area contributed by atoms with Crippen molar-refractivity contribution >= 4 is 20.9 Å². The summed E-state index contributed by atoms with van der Waals surface area (Å²) < 4.78 is 6.28. The van der Waals surface area contributed by atoms with Gasteiger partial charge in [0.1, 0.15) is 0 Å². The third kappa shape index (κ3) is 4.68. The van der Waals surface area contributed by atoms with Crippen molar-refractivity contribution in [2.75, 3.05) is 6.61 Å². The van der Waals surface area contributed by atoms with Gasteiger partial charge in [-0.05, 0) is 41.6 Å². The van der Waals surface area contributed by atoms with E-state index in [1.165, 1.54) is 5.56 Å². The van der Waals surface area contributed by atoms with E-state index in [-0.39, 0.29) is 5.04 Å². The Hall–Kier alpha value is -0.618. The van der Waals surface area contributed by atoms with Gasteiger partial charge in [-0.3, -0.25) is 0 Å². The predicted octanol–water partition coefficient (Wildman–Crippen LogP) is 2.80. The lowest BCUT2D eigenvalue weighted by atomic mass is 9.78. The van der Waals surface area contributed by atoms with Crippen LogP contribution in [0.5, 0.6) is 0 Å². The van der Waals surface area contributed by atoms with Gasteiger partial charge in [-0.15, -0.1) is 0 Å². The summed E-state index contributed by atoms with van der Waals surface area (Å²) in [4.78, 5) is 0. The zero-order valence-electron chi connectivity index (χ0n) is 14.4. The summed E-state index contributed by atoms with van der Waals surface area (Å²) in [5.74, 6) is 0.295. The average molecular weight is 308 g/mol. The minimum absolute atomic E-state index is 0.215. The molecule has 2 N–H and O–H groups in total. The Morgan fingerprint density at radius 3 is 2.24 bits per heavy atom. The first-order valence-electron chi connectivity index (χ1n) is 7.56. The molecule has 1 rings (SSSR count). The van der Waals surface area contributed by atoms with E-state index in [0.29, 0.717) is 18.0 Å². The zero-order valence-corrected chi connectivity index (χ0v) is 15.4. The summed E-state index contributed by atoms with van der Waals surface area (Å²) in [6.45, 7) is 16.1. The van der Waals surface area contributed by atoms with Gasteiger partial charge in [0.05, 0.1) is 0 Å². The Kier molecular flexibility index (Phi) is 5.84. The van der Waals surface area contributed by atoms with E-state index < -0.39 is 15.4 Å². The average Bonchev–Trinajstić information content (AvgIpc) is 2.34. The summed E-state index contributed by atoms with van der Waals surface area (Å²) in [5.41, 5.74) is 2.82. The highest BCUT2D eigenvalue weighted by molar-refractivity contribution is 6.74. The van der Waals surface area contributed by atoms with Gasteiger partial charge in [-0.2, -0.15) is 0 Å². The maximum Gasteiger partial charge on any atom is 0.488 e. The molecule has 0 aliphatic rings. The van der Waals surface area contributed by atoms with Gasteiger partial charge in [-0.1, -0.05) is 45.9 Å². The van der Waals surface area contributed by atoms with E-state index in [0.717, 1.165) is 5.56 Å². The van der Waals surface area contributed by atoms with Crippen LogP contribution in [-0.2, 0) is 4.43 Å². The number of aryl methyl sites for hydroxylation is 1. The van der Waals surface area contributed by atoms with Gasteiger partial charge in [0.15, 0.2) is 8.32 Å². The van der Waals surface area contributed by atoms with Gasteiger partial charge < -0.3 is 14.5 Å². The number of hydrogen-bond acceptors (Lipinski definition) is 3. The zero-order chi connectivity index (χ0) is 16.4. The minimum atomic E-state index is -1.73. The predicted molar refractivity (Wildman–Crippen MR) is 92.6 cm³/mol. The molecule has 0 aromatic heterocycles. The molecule has 1 unspecified atom stereocenters. The maximum atomic E-state index is 9.21. The Morgan fingerprint density at radius 2 is 1.81 bits per heavy atom. The SMILES string of the molecule is Cc1cc(B(O)O)ccc1C(C)CO[Si](C)(C)C(C)(C)C. The molecule has 1 aromatic carbocycles. The molecule has 0 aliphatic heterocycles. The van der Waals surface area contributed by atoms with Crippen LogP contribution in [0.15, 0.2) is 18.2 Å². The van der Waals surface area contributed by atoms with Crippen LogP contribution < -0.4 is 5.46 Å². The van der Waals surface area contributed by atoms with Crippen molar-refractivity contribution in [3.05, 3.63) is 29.3 Å². The van der Waals surface area contributed by atoms with Crippen LogP contribution in [0, 0.1) is 6.92 Å². The first-order valence-corrected chi connectivity index (χ1v) is 10.5. The highest BCUT2D eigenvalue weighted by atomic mass is 28.4. The second kappa shape index (κ2) is 6.65. The van der Waals surface area contributed by atoms with E-state index in [1.807, 2.05) is 19.1 Å². The van der Waals surface area contributed by atoms with Crippen LogP contribution in [0.2, 0.25) is 18.1 Å². The van der Waals surface area contributed by atoms with Gasteiger partial charge in [0, 0.05) is 12.5 Å². The highest BCUT2D eigenvalue weighted by Gasteiger charge is 2.37. The molecule has 3 nitrogen and oxygen atoms in total. The van der Waals surface area contributed by atoms with E-state index >= 15 is 0 Å². The molecule has 1 aromatic rings. The summed E-state index contributed by atoms with van der Waals surface area (Å²) >= 11 is 0. The Balaban J connectivity index is 2.79. The van der Waals surface area contributed by atoms with Crippen LogP contribution in [-0.4, -0.2) is 32.1 Å². The van der Waals surface area contributed by atoms with E-state index in [1.54, 1.807) is 6.07 Å². The molecule has 0 amide bonds. The van der Waals surface area contributed by atoms with Crippen LogP contribution in [0.1, 0.15) is 44.7 Å². The molecule has 5 heteroatoms. The number of hydrogen-bond donors (Lipinski definition) is 2. The molecule has 0 saturated heterocycles. The molecule has 0 saturated carbocycles. The first kappa shape index (κ1) is 18.4. The number of rotatable bonds is 5. The second-order valence-electron chi connectivity index (χ2n) is 7.46. The molecule has 0 fully saturated rings. The number of benzene rings is 1. The fourth-order valence-corrected chi connectivity index (χ4v) is 3.15. The molecule has 1 atom stereocenters. The van der Waals surface area contributed by atoms with Gasteiger partial charge in [0.2, 0.25) is 0 Å². The molecular formula is C16H29BO3Si. The van der Waals surface area contributed by atoms with Gasteiger partial charge in [0.25, 0.3) is 0 Å². The first-order chi connectivity index (χ1) is 9.45. The van der Waals surface area contributed by atoms with Crippen LogP contribution >= 0.6 is 0 Å². The monoisotopic (exact) mass is 308 g/mol. The van der Waals surface area contributed by atoms with Crippen LogP contribution in [0.25, 0.3) is 0 Å². The van der Waals surface area contributed by atoms with Crippen molar-refractivity contribution in [1.29, 1.82) is 0 Å². The topological polar surface area (TPSA) is 49.7 Å². The normalized spacial score (nSPS) is 14.1. The lowest BCUT2D eigenvalue weighted by molar-refractivity contribution is 0.269. The maximum absolute atomic E-state index is 9.21. The minimum Gasteiger partial charge on any atom is -0.423 e. The van der Waals surface area contributed by atoms with Crippen LogP contribution in [0.3, 0.4) is 0 Å². The lowest BCUT2D eigenvalue weighted by Gasteiger charge is -2.37. The molecule has 0 spiro atoms. The second-order valence-corrected chi connectivity index (χ2v) is 12.3. The van der Waals surface area contributed by atoms with Crippen molar-refractivity contribution in [2.24, 2.45) is 0 Å². The highest BCUT2D eigenvalue weighted by Crippen LogP contribution is 2.37. The molecule has 0 radical (unpaired) electrons. The van der Waals surface area contributed by atoms with E-state index in [9.17, 15) is 10.0 Å². The van der Waals surface area contributed by atoms with Gasteiger partial charge in [-0.25, -0.2) is 0 Å². The quantitative estimate of drug-likeness (QED) is 0.822. The molecule has 118 valence electrons. The van der Waals surface area contributed by atoms with Crippen LogP contribution in [0.4, 0.5) is 0 Å². The Bertz CT molecular complexity index is 481. The lowest BCUT2D eigenvalue weighted by Crippen LogP contribution is -2.41. The summed E-state index contributed by atoms with van der Waals surface area (Å²) in [6.07, 6.45) is 0. The van der Waals surface area contributed by atoms with Crippen molar-refractivity contribution in [3.63, 3.8) is 0 Å². The Labute approximate surface area is 130 Å². The summed E-state index contributed by atoms with van der Waals surface area (Å²) in [7, 11) is -3.13. The molecule has 0 aliphatic carbocycles. The third-order valence-corrected chi connectivity index (χ3v) is 9.12. The molecular weight excluding hydrogens is 279 g/mol. The molecule has 0 heterocycles. The smallest absolute Gasteiger partial charge is 0.423 e. The van der Waals surface area contributed by atoms with Crippen molar-refractivity contribution < 1.29 is 14.5 Å². The fraction of sp³-hybridized carbons (Fsp3) is 0.625. The Morgan fingerprint density at radius 1 is 1.24 bits per heavy atom. The van der Waals surface area contributed by atoms with Gasteiger partial charge >= 0.3 is 7.12 Å². The van der Waals surface area contributed by atoms with E-state index in [4.69, 9.17) is 4.43 Å². The molecule has 0 bridgehead atoms. The third-order valence-electron chi connectivity index (χ3n) is 4.62. The summed E-state index contributed by atoms with van der Waals surface area (Å²) in [5, 5.41) is 18.6. The van der Waals surface area contributed by atoms with E-state index in [2.05, 4.69) is 40.8 Å². The standard InChI is InChI=1S/C16H29BO3Si/c1-12-10-14(17(18)19)8-9-15(12)13(2)11-20-21(6,7)16(3,4)5/h8-10,13,18-19H,11H2,1-7H3. The van der Waals surface area contributed by atoms with Crippen molar-refractivity contribution in [3.8, 4) is 0 Å². The molecule has 21 heavy (non-hydrogen) atoms.